The highest BCUT2D eigenvalue weighted by molar-refractivity contribution is 5.93. The van der Waals surface area contributed by atoms with Crippen molar-refractivity contribution in [2.45, 2.75) is 26.3 Å². The highest BCUT2D eigenvalue weighted by Gasteiger charge is 2.18. The van der Waals surface area contributed by atoms with Crippen LogP contribution in [0.4, 0.5) is 5.69 Å². The number of amides is 1. The number of hydrogen-bond acceptors (Lipinski definition) is 4. The number of quaternary nitrogens is 1. The van der Waals surface area contributed by atoms with E-state index in [0.717, 1.165) is 0 Å². The average molecular weight is 265 g/mol. The Balaban J connectivity index is 2.49. The van der Waals surface area contributed by atoms with Gasteiger partial charge in [0.2, 0.25) is 5.91 Å². The fraction of sp³-hybridized carbons (Fsp3) is 0.462. The molecule has 0 saturated heterocycles. The number of nitrogens with one attached hydrogen (secondary N) is 1. The van der Waals surface area contributed by atoms with Crippen LogP contribution in [0.2, 0.25) is 0 Å². The molecule has 0 saturated carbocycles. The summed E-state index contributed by atoms with van der Waals surface area (Å²) >= 11 is 0. The first-order valence-electron chi connectivity index (χ1n) is 6.23. The first kappa shape index (κ1) is 15.1. The first-order valence-corrected chi connectivity index (χ1v) is 6.23. The molecule has 0 bridgehead atoms. The number of anilines is 1. The number of aromatic nitrogens is 1. The second kappa shape index (κ2) is 7.48. The molecule has 0 aromatic carbocycles. The van der Waals surface area contributed by atoms with Crippen molar-refractivity contribution in [1.29, 1.82) is 0 Å². The summed E-state index contributed by atoms with van der Waals surface area (Å²) in [6, 6.07) is 2.52. The molecule has 1 atom stereocenters. The molecular weight excluding hydrogens is 246 g/mol. The minimum atomic E-state index is -1.22. The summed E-state index contributed by atoms with van der Waals surface area (Å²) in [5.41, 5.74) is 0.549. The van der Waals surface area contributed by atoms with Gasteiger partial charge < -0.3 is 20.5 Å². The largest absolute Gasteiger partial charge is 0.544 e. The third kappa shape index (κ3) is 5.96. The summed E-state index contributed by atoms with van der Waals surface area (Å²) in [6.45, 7) is 4.61. The highest BCUT2D eigenvalue weighted by atomic mass is 16.4. The summed E-state index contributed by atoms with van der Waals surface area (Å²) in [6.07, 6.45) is 2.98. The second-order valence-electron chi connectivity index (χ2n) is 4.78. The van der Waals surface area contributed by atoms with Crippen molar-refractivity contribution in [3.63, 3.8) is 0 Å². The molecule has 1 amide bonds. The van der Waals surface area contributed by atoms with Gasteiger partial charge in [-0.3, -0.25) is 9.78 Å². The highest BCUT2D eigenvalue weighted by Crippen LogP contribution is 2.03. The van der Waals surface area contributed by atoms with Gasteiger partial charge in [-0.25, -0.2) is 0 Å². The van der Waals surface area contributed by atoms with Crippen LogP contribution in [0, 0.1) is 5.92 Å². The van der Waals surface area contributed by atoms with E-state index in [2.05, 4.69) is 10.3 Å². The summed E-state index contributed by atoms with van der Waals surface area (Å²) in [5.74, 6) is -1.23. The van der Waals surface area contributed by atoms with E-state index in [-0.39, 0.29) is 12.3 Å². The lowest BCUT2D eigenvalue weighted by molar-refractivity contribution is -0.686. The van der Waals surface area contributed by atoms with E-state index in [1.54, 1.807) is 23.6 Å². The third-order valence-corrected chi connectivity index (χ3v) is 2.55. The Hall–Kier alpha value is -1.95. The summed E-state index contributed by atoms with van der Waals surface area (Å²) in [7, 11) is 0. The number of hydrogen-bond donors (Lipinski definition) is 2. The van der Waals surface area contributed by atoms with Gasteiger partial charge >= 0.3 is 0 Å². The van der Waals surface area contributed by atoms with Gasteiger partial charge in [0.15, 0.2) is 0 Å². The number of carbonyl (C=O) groups is 2. The van der Waals surface area contributed by atoms with Gasteiger partial charge in [-0.1, -0.05) is 13.8 Å². The first-order chi connectivity index (χ1) is 8.99. The Morgan fingerprint density at radius 2 is 2.21 bits per heavy atom. The van der Waals surface area contributed by atoms with Crippen molar-refractivity contribution in [2.24, 2.45) is 5.92 Å². The minimum Gasteiger partial charge on any atom is -0.544 e. The molecule has 104 valence electrons. The van der Waals surface area contributed by atoms with Gasteiger partial charge in [0, 0.05) is 12.1 Å². The van der Waals surface area contributed by atoms with Crippen molar-refractivity contribution < 1.29 is 20.0 Å². The number of carboxylic acid groups (broad SMARTS) is 1. The van der Waals surface area contributed by atoms with Crippen LogP contribution in [0.15, 0.2) is 24.5 Å². The van der Waals surface area contributed by atoms with E-state index in [1.807, 2.05) is 13.8 Å². The van der Waals surface area contributed by atoms with E-state index in [1.165, 1.54) is 6.20 Å². The molecule has 6 nitrogen and oxygen atoms in total. The number of carbonyl (C=O) groups excluding carboxylic acids is 2. The molecular formula is C13H19N3O3. The molecule has 0 spiro atoms. The molecule has 0 aliphatic heterocycles. The predicted molar refractivity (Wildman–Crippen MR) is 67.9 cm³/mol. The van der Waals surface area contributed by atoms with Gasteiger partial charge in [-0.05, 0) is 12.1 Å². The number of aliphatic carboxylic acids is 1. The zero-order valence-corrected chi connectivity index (χ0v) is 11.1. The van der Waals surface area contributed by atoms with Crippen LogP contribution in [0.3, 0.4) is 0 Å². The number of nitrogens with zero attached hydrogens (tertiary/aromatic N) is 1. The van der Waals surface area contributed by atoms with Gasteiger partial charge in [0.25, 0.3) is 0 Å². The van der Waals surface area contributed by atoms with E-state index in [9.17, 15) is 14.7 Å². The lowest BCUT2D eigenvalue weighted by atomic mass is 10.1. The molecule has 1 rings (SSSR count). The molecule has 1 aromatic heterocycles. The maximum absolute atomic E-state index is 11.7. The standard InChI is InChI=1S/C13H19N3O3/c1-9(2)7-15-11(13(18)19)6-12(17)16-10-4-3-5-14-8-10/h3-5,8-9,11,15H,6-7H2,1-2H3,(H,16,17)(H,18,19)/t11-/m1/s1. The number of carboxylic acids is 1. The third-order valence-electron chi connectivity index (χ3n) is 2.55. The molecule has 0 fully saturated rings. The lowest BCUT2D eigenvalue weighted by Crippen LogP contribution is -2.94. The maximum atomic E-state index is 11.7. The molecule has 0 aliphatic rings. The fourth-order valence-electron chi connectivity index (χ4n) is 1.55. The van der Waals surface area contributed by atoms with E-state index >= 15 is 0 Å². The number of rotatable bonds is 7. The zero-order chi connectivity index (χ0) is 14.3. The van der Waals surface area contributed by atoms with E-state index in [0.29, 0.717) is 18.2 Å². The smallest absolute Gasteiger partial charge is 0.230 e. The van der Waals surface area contributed by atoms with Crippen LogP contribution >= 0.6 is 0 Å². The monoisotopic (exact) mass is 265 g/mol. The Kier molecular flexibility index (Phi) is 5.95. The Bertz CT molecular complexity index is 420. The van der Waals surface area contributed by atoms with Gasteiger partial charge in [-0.15, -0.1) is 0 Å². The van der Waals surface area contributed by atoms with E-state index in [4.69, 9.17) is 0 Å². The molecule has 19 heavy (non-hydrogen) atoms. The normalized spacial score (nSPS) is 12.2. The minimum absolute atomic E-state index is 0.121. The van der Waals surface area contributed by atoms with Crippen molar-refractivity contribution in [3.8, 4) is 0 Å². The number of nitrogens with two attached hydrogens (primary N) is 1. The zero-order valence-electron chi connectivity index (χ0n) is 11.1. The van der Waals surface area contributed by atoms with Crippen LogP contribution in [0.1, 0.15) is 20.3 Å². The predicted octanol–water partition coefficient (Wildman–Crippen LogP) is -1.25. The number of pyridine rings is 1. The van der Waals surface area contributed by atoms with Gasteiger partial charge in [-0.2, -0.15) is 0 Å². The van der Waals surface area contributed by atoms with E-state index < -0.39 is 12.0 Å². The molecule has 6 heteroatoms. The van der Waals surface area contributed by atoms with Crippen molar-refractivity contribution in [3.05, 3.63) is 24.5 Å². The molecule has 0 unspecified atom stereocenters. The van der Waals surface area contributed by atoms with Gasteiger partial charge in [0.05, 0.1) is 30.8 Å². The Morgan fingerprint density at radius 1 is 1.47 bits per heavy atom. The van der Waals surface area contributed by atoms with Crippen LogP contribution in [-0.4, -0.2) is 29.4 Å². The fourth-order valence-corrected chi connectivity index (χ4v) is 1.55. The summed E-state index contributed by atoms with van der Waals surface area (Å²) < 4.78 is 0. The van der Waals surface area contributed by atoms with Crippen molar-refractivity contribution in [2.75, 3.05) is 11.9 Å². The summed E-state index contributed by atoms with van der Waals surface area (Å²) in [5, 5.41) is 15.2. The molecule has 3 N–H and O–H groups in total. The topological polar surface area (TPSA) is 98.7 Å². The van der Waals surface area contributed by atoms with Crippen molar-refractivity contribution >= 4 is 17.6 Å². The van der Waals surface area contributed by atoms with Crippen LogP contribution < -0.4 is 15.7 Å². The Labute approximate surface area is 112 Å². The molecule has 0 radical (unpaired) electrons. The lowest BCUT2D eigenvalue weighted by Gasteiger charge is -2.17. The summed E-state index contributed by atoms with van der Waals surface area (Å²) in [4.78, 5) is 26.5. The van der Waals surface area contributed by atoms with Gasteiger partial charge in [0.1, 0.15) is 6.04 Å². The maximum Gasteiger partial charge on any atom is 0.230 e. The SMILES string of the molecule is CC(C)C[NH2+][C@H](CC(=O)Nc1cccnc1)C(=O)[O-]. The Morgan fingerprint density at radius 3 is 2.74 bits per heavy atom. The van der Waals surface area contributed by atoms with Crippen LogP contribution in [0.5, 0.6) is 0 Å². The quantitative estimate of drug-likeness (QED) is 0.643. The van der Waals surface area contributed by atoms with Crippen LogP contribution in [-0.2, 0) is 9.59 Å². The van der Waals surface area contributed by atoms with Crippen molar-refractivity contribution in [1.82, 2.24) is 4.98 Å². The molecule has 1 heterocycles. The average Bonchev–Trinajstić information content (AvgIpc) is 2.35. The molecule has 1 aromatic rings. The van der Waals surface area contributed by atoms with Crippen LogP contribution in [0.25, 0.3) is 0 Å². The molecule has 0 aliphatic carbocycles. The second-order valence-corrected chi connectivity index (χ2v) is 4.78.